The van der Waals surface area contributed by atoms with Crippen molar-refractivity contribution in [3.63, 3.8) is 0 Å². The molecule has 5 fully saturated rings. The number of nitrogen functional groups attached to an aromatic ring is 1. The molecule has 2 amide bonds. The zero-order valence-corrected chi connectivity index (χ0v) is 32.2. The molecule has 0 aliphatic carbocycles. The lowest BCUT2D eigenvalue weighted by atomic mass is 9.75. The van der Waals surface area contributed by atoms with E-state index in [2.05, 4.69) is 14.8 Å². The third-order valence-electron chi connectivity index (χ3n) is 12.3. The Labute approximate surface area is 329 Å². The highest BCUT2D eigenvalue weighted by atomic mass is 35.5. The molecule has 17 heteroatoms. The van der Waals surface area contributed by atoms with Gasteiger partial charge in [-0.2, -0.15) is 15.2 Å². The Bertz CT molecular complexity index is 2320. The van der Waals surface area contributed by atoms with Crippen LogP contribution in [-0.4, -0.2) is 120 Å². The Kier molecular flexibility index (Phi) is 9.42. The van der Waals surface area contributed by atoms with Gasteiger partial charge in [-0.25, -0.2) is 13.2 Å². The van der Waals surface area contributed by atoms with Crippen LogP contribution >= 0.6 is 22.9 Å². The topological polar surface area (TPSA) is 141 Å². The summed E-state index contributed by atoms with van der Waals surface area (Å²) in [6, 6.07) is 6.16. The van der Waals surface area contributed by atoms with Gasteiger partial charge in [0.05, 0.1) is 34.0 Å². The first-order valence-electron chi connectivity index (χ1n) is 19.0. The fraction of sp³-hybridized carbons (Fsp3) is 0.513. The minimum Gasteiger partial charge on any atom is -0.461 e. The average Bonchev–Trinajstić information content (AvgIpc) is 3.74. The molecule has 12 nitrogen and oxygen atoms in total. The minimum absolute atomic E-state index is 0.00953. The van der Waals surface area contributed by atoms with Crippen LogP contribution in [0.5, 0.6) is 6.01 Å². The molecule has 56 heavy (non-hydrogen) atoms. The van der Waals surface area contributed by atoms with E-state index in [1.807, 2.05) is 6.07 Å². The van der Waals surface area contributed by atoms with Crippen LogP contribution in [0, 0.1) is 28.4 Å². The zero-order chi connectivity index (χ0) is 38.9. The van der Waals surface area contributed by atoms with Gasteiger partial charge in [0.1, 0.15) is 47.6 Å². The molecule has 5 aliphatic rings. The van der Waals surface area contributed by atoms with Gasteiger partial charge in [0.15, 0.2) is 5.82 Å². The molecule has 2 N–H and O–H groups in total. The Morgan fingerprint density at radius 2 is 1.98 bits per heavy atom. The molecule has 1 spiro atoms. The van der Waals surface area contributed by atoms with Gasteiger partial charge in [0.2, 0.25) is 11.8 Å². The molecule has 0 unspecified atom stereocenters. The van der Waals surface area contributed by atoms with Gasteiger partial charge in [0, 0.05) is 67.4 Å². The van der Waals surface area contributed by atoms with Crippen molar-refractivity contribution in [1.82, 2.24) is 24.7 Å². The third-order valence-corrected chi connectivity index (χ3v) is 13.6. The van der Waals surface area contributed by atoms with Crippen LogP contribution in [0.2, 0.25) is 5.02 Å². The van der Waals surface area contributed by atoms with E-state index in [0.29, 0.717) is 63.5 Å². The number of carbonyl (C=O) groups is 2. The summed E-state index contributed by atoms with van der Waals surface area (Å²) in [5.74, 6) is -1.29. The number of anilines is 2. The summed E-state index contributed by atoms with van der Waals surface area (Å²) in [5.41, 5.74) is 5.44. The fourth-order valence-corrected chi connectivity index (χ4v) is 10.8. The Balaban J connectivity index is 1.10. The number of rotatable bonds is 7. The first-order valence-corrected chi connectivity index (χ1v) is 20.2. The number of morpholine rings is 1. The van der Waals surface area contributed by atoms with E-state index in [1.54, 1.807) is 11.0 Å². The first-order chi connectivity index (χ1) is 27.0. The number of likely N-dealkylation sites (tertiary alicyclic amines) is 1. The van der Waals surface area contributed by atoms with E-state index in [0.717, 1.165) is 50.0 Å². The molecule has 0 radical (unpaired) electrons. The van der Waals surface area contributed by atoms with Crippen molar-refractivity contribution in [2.45, 2.75) is 50.2 Å². The number of nitrogens with two attached hydrogens (primary N) is 1. The smallest absolute Gasteiger partial charge is 0.319 e. The molecule has 5 aliphatic heterocycles. The van der Waals surface area contributed by atoms with Crippen molar-refractivity contribution >= 4 is 66.6 Å². The Morgan fingerprint density at radius 3 is 2.79 bits per heavy atom. The second kappa shape index (κ2) is 14.2. The standard InChI is InChI=1S/C39H40ClF3N8O4S/c40-26-12-24-33(32(43)31(26)23-4-5-27(42)34-30(23)25(14-44)35(45)56-34)46-37(55-21-39-7-3-9-51(39)15-22(41)13-39)47-36(24)49-8-2-1-6-38(18-49)19-50(20-38)28(52)16-48-10-11-54-17-29(48)53/h4-5,12,22H,1-3,6-11,13,15-21,45H2/t22-,39+/m1/s1. The normalized spacial score (nSPS) is 23.8. The SMILES string of the molecule is N#Cc1c(N)sc2c(F)ccc(-c3c(Cl)cc4c(N5CCCCC6(CN(C(=O)CN7CCOCC7=O)C6)C5)nc(OC[C@@]56CCCN5C[C@H](F)C6)nc4c3F)c12. The van der Waals surface area contributed by atoms with Crippen LogP contribution in [0.4, 0.5) is 24.0 Å². The molecule has 0 bridgehead atoms. The first kappa shape index (κ1) is 37.2. The minimum atomic E-state index is -0.970. The van der Waals surface area contributed by atoms with Crippen LogP contribution in [0.1, 0.15) is 44.1 Å². The van der Waals surface area contributed by atoms with Gasteiger partial charge in [-0.3, -0.25) is 14.5 Å². The number of ether oxygens (including phenoxy) is 2. The van der Waals surface area contributed by atoms with E-state index in [1.165, 1.54) is 17.0 Å². The number of thiophene rings is 1. The molecule has 2 aromatic carbocycles. The van der Waals surface area contributed by atoms with E-state index < -0.39 is 23.3 Å². The number of hydrogen-bond acceptors (Lipinski definition) is 11. The number of nitrogens with zero attached hydrogens (tertiary/aromatic N) is 7. The summed E-state index contributed by atoms with van der Waals surface area (Å²) in [4.78, 5) is 42.6. The van der Waals surface area contributed by atoms with Gasteiger partial charge in [-0.1, -0.05) is 24.1 Å². The largest absolute Gasteiger partial charge is 0.461 e. The molecule has 9 rings (SSSR count). The van der Waals surface area contributed by atoms with Gasteiger partial charge in [-0.15, -0.1) is 11.3 Å². The maximum Gasteiger partial charge on any atom is 0.319 e. The van der Waals surface area contributed by atoms with Crippen molar-refractivity contribution < 1.29 is 32.2 Å². The van der Waals surface area contributed by atoms with Gasteiger partial charge in [0.25, 0.3) is 0 Å². The summed E-state index contributed by atoms with van der Waals surface area (Å²) in [6.07, 6.45) is 3.62. The number of aromatic nitrogens is 2. The number of carbonyl (C=O) groups excluding carboxylic acids is 2. The average molecular weight is 809 g/mol. The molecule has 4 aromatic rings. The highest BCUT2D eigenvalue weighted by Crippen LogP contribution is 2.47. The number of alkyl halides is 1. The van der Waals surface area contributed by atoms with Crippen LogP contribution < -0.4 is 15.4 Å². The van der Waals surface area contributed by atoms with Gasteiger partial charge in [-0.05, 0) is 49.9 Å². The molecule has 0 saturated carbocycles. The maximum absolute atomic E-state index is 17.3. The summed E-state index contributed by atoms with van der Waals surface area (Å²) in [5, 5.41) is 10.6. The van der Waals surface area contributed by atoms with Crippen molar-refractivity contribution in [2.24, 2.45) is 5.41 Å². The number of benzene rings is 2. The van der Waals surface area contributed by atoms with Crippen molar-refractivity contribution in [2.75, 3.05) is 82.8 Å². The number of fused-ring (bicyclic) bond motifs is 3. The lowest BCUT2D eigenvalue weighted by Gasteiger charge is -2.52. The zero-order valence-electron chi connectivity index (χ0n) is 30.6. The number of halogens is 4. The molecule has 2 aromatic heterocycles. The Morgan fingerprint density at radius 1 is 1.14 bits per heavy atom. The van der Waals surface area contributed by atoms with Crippen LogP contribution in [0.3, 0.4) is 0 Å². The van der Waals surface area contributed by atoms with E-state index in [4.69, 9.17) is 31.8 Å². The summed E-state index contributed by atoms with van der Waals surface area (Å²) < 4.78 is 58.7. The Hall–Kier alpha value is -4.43. The summed E-state index contributed by atoms with van der Waals surface area (Å²) in [7, 11) is 0. The highest BCUT2D eigenvalue weighted by Gasteiger charge is 2.50. The lowest BCUT2D eigenvalue weighted by Crippen LogP contribution is -2.63. The predicted octanol–water partition coefficient (Wildman–Crippen LogP) is 5.53. The van der Waals surface area contributed by atoms with Crippen LogP contribution in [-0.2, 0) is 14.3 Å². The van der Waals surface area contributed by atoms with Crippen molar-refractivity contribution in [3.8, 4) is 23.2 Å². The van der Waals surface area contributed by atoms with E-state index >= 15 is 8.78 Å². The third kappa shape index (κ3) is 6.27. The number of hydrogen-bond donors (Lipinski definition) is 1. The quantitative estimate of drug-likeness (QED) is 0.254. The fourth-order valence-electron chi connectivity index (χ4n) is 9.59. The molecular formula is C39H40ClF3N8O4S. The van der Waals surface area contributed by atoms with E-state index in [9.17, 15) is 19.2 Å². The number of nitriles is 1. The van der Waals surface area contributed by atoms with Crippen LogP contribution in [0.15, 0.2) is 18.2 Å². The second-order valence-electron chi connectivity index (χ2n) is 15.9. The molecule has 2 atom stereocenters. The highest BCUT2D eigenvalue weighted by molar-refractivity contribution is 7.23. The molecule has 5 saturated heterocycles. The van der Waals surface area contributed by atoms with Crippen molar-refractivity contribution in [3.05, 3.63) is 40.4 Å². The van der Waals surface area contributed by atoms with E-state index in [-0.39, 0.29) is 85.3 Å². The van der Waals surface area contributed by atoms with Gasteiger partial charge < -0.3 is 29.9 Å². The monoisotopic (exact) mass is 808 g/mol. The second-order valence-corrected chi connectivity index (χ2v) is 17.3. The molecular weight excluding hydrogens is 769 g/mol. The predicted molar refractivity (Wildman–Crippen MR) is 205 cm³/mol. The maximum atomic E-state index is 17.3. The molecule has 294 valence electrons. The summed E-state index contributed by atoms with van der Waals surface area (Å²) >= 11 is 7.87. The van der Waals surface area contributed by atoms with Crippen molar-refractivity contribution in [1.29, 1.82) is 5.26 Å². The van der Waals surface area contributed by atoms with Crippen LogP contribution in [0.25, 0.3) is 32.1 Å². The molecule has 7 heterocycles. The summed E-state index contributed by atoms with van der Waals surface area (Å²) in [6.45, 7) is 4.11. The lowest BCUT2D eigenvalue weighted by molar-refractivity contribution is -0.153. The number of amides is 2. The van der Waals surface area contributed by atoms with Gasteiger partial charge >= 0.3 is 6.01 Å².